The number of hydrogen-bond acceptors (Lipinski definition) is 4. The number of carbonyl (C=O) groups excluding carboxylic acids is 2. The normalized spacial score (nSPS) is 12.2. The Labute approximate surface area is 155 Å². The molecule has 0 aliphatic carbocycles. The van der Waals surface area contributed by atoms with Crippen molar-refractivity contribution >= 4 is 34.7 Å². The second kappa shape index (κ2) is 7.74. The molecule has 0 saturated heterocycles. The van der Waals surface area contributed by atoms with Crippen LogP contribution in [0, 0.1) is 6.92 Å². The number of fused-ring (bicyclic) bond motifs is 1. The lowest BCUT2D eigenvalue weighted by Crippen LogP contribution is -2.29. The first-order chi connectivity index (χ1) is 12.9. The van der Waals surface area contributed by atoms with Crippen LogP contribution in [-0.2, 0) is 14.3 Å². The zero-order valence-electron chi connectivity index (χ0n) is 14.9. The summed E-state index contributed by atoms with van der Waals surface area (Å²) in [5.74, 6) is -1.08. The number of aryl methyl sites for hydroxylation is 1. The van der Waals surface area contributed by atoms with Crippen LogP contribution >= 0.6 is 0 Å². The van der Waals surface area contributed by atoms with E-state index in [1.165, 1.54) is 13.0 Å². The Morgan fingerprint density at radius 2 is 1.78 bits per heavy atom. The van der Waals surface area contributed by atoms with Crippen LogP contribution in [0.4, 0.5) is 5.69 Å². The molecule has 3 rings (SSSR count). The summed E-state index contributed by atoms with van der Waals surface area (Å²) in [5, 5.41) is 2.65. The summed E-state index contributed by atoms with van der Waals surface area (Å²) in [6, 6.07) is 12.6. The van der Waals surface area contributed by atoms with E-state index in [1.807, 2.05) is 31.2 Å². The van der Waals surface area contributed by atoms with Gasteiger partial charge in [-0.2, -0.15) is 0 Å². The first-order valence-corrected chi connectivity index (χ1v) is 8.39. The highest BCUT2D eigenvalue weighted by atomic mass is 16.5. The Bertz CT molecular complexity index is 1060. The van der Waals surface area contributed by atoms with Gasteiger partial charge in [0, 0.05) is 11.8 Å². The minimum absolute atomic E-state index is 0.323. The molecular weight excluding hydrogens is 346 g/mol. The summed E-state index contributed by atoms with van der Waals surface area (Å²) in [6.45, 7) is 3.47. The van der Waals surface area contributed by atoms with Crippen LogP contribution in [-0.4, -0.2) is 27.9 Å². The van der Waals surface area contributed by atoms with E-state index >= 15 is 0 Å². The Balaban J connectivity index is 1.58. The zero-order valence-corrected chi connectivity index (χ0v) is 14.9. The van der Waals surface area contributed by atoms with Gasteiger partial charge >= 0.3 is 11.7 Å². The summed E-state index contributed by atoms with van der Waals surface area (Å²) in [7, 11) is 0. The quantitative estimate of drug-likeness (QED) is 0.478. The number of rotatable bonds is 5. The van der Waals surface area contributed by atoms with Gasteiger partial charge < -0.3 is 20.0 Å². The van der Waals surface area contributed by atoms with E-state index in [2.05, 4.69) is 15.3 Å². The van der Waals surface area contributed by atoms with E-state index in [-0.39, 0.29) is 5.69 Å². The van der Waals surface area contributed by atoms with Gasteiger partial charge in [0.25, 0.3) is 5.91 Å². The summed E-state index contributed by atoms with van der Waals surface area (Å²) >= 11 is 0. The molecular formula is C20H19N3O4. The second-order valence-corrected chi connectivity index (χ2v) is 6.15. The highest BCUT2D eigenvalue weighted by Crippen LogP contribution is 2.15. The third-order valence-electron chi connectivity index (χ3n) is 3.93. The molecule has 1 heterocycles. The average molecular weight is 365 g/mol. The molecule has 138 valence electrons. The number of nitrogens with one attached hydrogen (secondary N) is 3. The van der Waals surface area contributed by atoms with Gasteiger partial charge in [0.1, 0.15) is 0 Å². The number of anilines is 1. The molecule has 0 spiro atoms. The number of amides is 1. The van der Waals surface area contributed by atoms with Crippen molar-refractivity contribution in [2.75, 3.05) is 5.32 Å². The number of carbonyl (C=O) groups is 2. The smallest absolute Gasteiger partial charge is 0.331 e. The van der Waals surface area contributed by atoms with Crippen LogP contribution < -0.4 is 11.0 Å². The predicted octanol–water partition coefficient (Wildman–Crippen LogP) is 2.75. The van der Waals surface area contributed by atoms with Crippen molar-refractivity contribution in [3.05, 3.63) is 70.2 Å². The first-order valence-electron chi connectivity index (χ1n) is 8.39. The molecule has 0 bridgehead atoms. The highest BCUT2D eigenvalue weighted by molar-refractivity contribution is 5.97. The van der Waals surface area contributed by atoms with Gasteiger partial charge in [0.2, 0.25) is 0 Å². The fourth-order valence-electron chi connectivity index (χ4n) is 2.46. The van der Waals surface area contributed by atoms with Gasteiger partial charge in [-0.25, -0.2) is 9.59 Å². The van der Waals surface area contributed by atoms with E-state index in [0.29, 0.717) is 16.7 Å². The molecule has 3 aromatic rings. The third kappa shape index (κ3) is 4.72. The molecule has 0 unspecified atom stereocenters. The predicted molar refractivity (Wildman–Crippen MR) is 103 cm³/mol. The molecule has 1 amide bonds. The van der Waals surface area contributed by atoms with Gasteiger partial charge in [0.05, 0.1) is 11.0 Å². The minimum Gasteiger partial charge on any atom is -0.449 e. The molecule has 0 aliphatic heterocycles. The van der Waals surface area contributed by atoms with Crippen LogP contribution in [0.5, 0.6) is 0 Å². The second-order valence-electron chi connectivity index (χ2n) is 6.15. The van der Waals surface area contributed by atoms with Crippen molar-refractivity contribution < 1.29 is 14.3 Å². The van der Waals surface area contributed by atoms with Crippen molar-refractivity contribution in [1.29, 1.82) is 0 Å². The van der Waals surface area contributed by atoms with Gasteiger partial charge in [-0.1, -0.05) is 29.8 Å². The lowest BCUT2D eigenvalue weighted by molar-refractivity contribution is -0.148. The van der Waals surface area contributed by atoms with E-state index in [0.717, 1.165) is 11.1 Å². The largest absolute Gasteiger partial charge is 0.449 e. The number of esters is 1. The number of ether oxygens (including phenoxy) is 1. The SMILES string of the molecule is Cc1ccc(/C=C/C(=O)O[C@H](C)C(=O)Nc2ccc3[nH]c(=O)[nH]c3c2)cc1. The number of aromatic amines is 2. The maximum Gasteiger partial charge on any atom is 0.331 e. The minimum atomic E-state index is -0.971. The van der Waals surface area contributed by atoms with E-state index in [1.54, 1.807) is 24.3 Å². The molecule has 0 aliphatic rings. The van der Waals surface area contributed by atoms with Crippen LogP contribution in [0.2, 0.25) is 0 Å². The Hall–Kier alpha value is -3.61. The van der Waals surface area contributed by atoms with E-state index in [9.17, 15) is 14.4 Å². The van der Waals surface area contributed by atoms with Gasteiger partial charge in [-0.3, -0.25) is 4.79 Å². The molecule has 0 fully saturated rings. The van der Waals surface area contributed by atoms with Crippen LogP contribution in [0.15, 0.2) is 53.3 Å². The number of H-pyrrole nitrogens is 2. The summed E-state index contributed by atoms with van der Waals surface area (Å²) in [6.07, 6.45) is 1.94. The van der Waals surface area contributed by atoms with E-state index in [4.69, 9.17) is 4.74 Å². The fourth-order valence-corrected chi connectivity index (χ4v) is 2.46. The monoisotopic (exact) mass is 365 g/mol. The van der Waals surface area contributed by atoms with Crippen molar-refractivity contribution in [3.8, 4) is 0 Å². The van der Waals surface area contributed by atoms with E-state index < -0.39 is 18.0 Å². The van der Waals surface area contributed by atoms with Gasteiger partial charge in [-0.05, 0) is 43.7 Å². The maximum atomic E-state index is 12.2. The number of imidazole rings is 1. The lowest BCUT2D eigenvalue weighted by atomic mass is 10.1. The van der Waals surface area contributed by atoms with Crippen molar-refractivity contribution in [3.63, 3.8) is 0 Å². The number of benzene rings is 2. The molecule has 0 radical (unpaired) electrons. The standard InChI is InChI=1S/C20H19N3O4/c1-12-3-5-14(6-4-12)7-10-18(24)27-13(2)19(25)21-15-8-9-16-17(11-15)23-20(26)22-16/h3-11,13H,1-2H3,(H,21,25)(H2,22,23,26)/b10-7+/t13-/m1/s1. The molecule has 7 heteroatoms. The Morgan fingerprint density at radius 3 is 2.52 bits per heavy atom. The maximum absolute atomic E-state index is 12.2. The van der Waals surface area contributed by atoms with Crippen LogP contribution in [0.25, 0.3) is 17.1 Å². The third-order valence-corrected chi connectivity index (χ3v) is 3.93. The Morgan fingerprint density at radius 1 is 1.07 bits per heavy atom. The Kier molecular flexibility index (Phi) is 5.21. The zero-order chi connectivity index (χ0) is 19.4. The van der Waals surface area contributed by atoms with Crippen molar-refractivity contribution in [1.82, 2.24) is 9.97 Å². The van der Waals surface area contributed by atoms with Crippen molar-refractivity contribution in [2.24, 2.45) is 0 Å². The highest BCUT2D eigenvalue weighted by Gasteiger charge is 2.17. The first kappa shape index (κ1) is 18.2. The molecule has 1 atom stereocenters. The van der Waals surface area contributed by atoms with Gasteiger partial charge in [0.15, 0.2) is 6.10 Å². The number of aromatic nitrogens is 2. The molecule has 27 heavy (non-hydrogen) atoms. The summed E-state index contributed by atoms with van der Waals surface area (Å²) < 4.78 is 5.12. The molecule has 0 saturated carbocycles. The summed E-state index contributed by atoms with van der Waals surface area (Å²) in [5.41, 5.74) is 3.37. The number of hydrogen-bond donors (Lipinski definition) is 3. The topological polar surface area (TPSA) is 104 Å². The molecule has 2 aromatic carbocycles. The molecule has 3 N–H and O–H groups in total. The molecule has 1 aromatic heterocycles. The van der Waals surface area contributed by atoms with Crippen LogP contribution in [0.1, 0.15) is 18.1 Å². The van der Waals surface area contributed by atoms with Gasteiger partial charge in [-0.15, -0.1) is 0 Å². The summed E-state index contributed by atoms with van der Waals surface area (Å²) in [4.78, 5) is 40.6. The van der Waals surface area contributed by atoms with Crippen LogP contribution in [0.3, 0.4) is 0 Å². The molecule has 7 nitrogen and oxygen atoms in total. The lowest BCUT2D eigenvalue weighted by Gasteiger charge is -2.12. The van der Waals surface area contributed by atoms with Crippen molar-refractivity contribution in [2.45, 2.75) is 20.0 Å². The average Bonchev–Trinajstić information content (AvgIpc) is 3.00. The fraction of sp³-hybridized carbons (Fsp3) is 0.150.